The molecule has 122 valence electrons. The van der Waals surface area contributed by atoms with Gasteiger partial charge in [-0.15, -0.1) is 0 Å². The first kappa shape index (κ1) is 16.9. The van der Waals surface area contributed by atoms with Crippen LogP contribution in [0, 0.1) is 0 Å². The Bertz CT molecular complexity index is 722. The third-order valence-corrected chi connectivity index (χ3v) is 5.23. The van der Waals surface area contributed by atoms with Gasteiger partial charge in [0.25, 0.3) is 0 Å². The molecule has 0 aliphatic rings. The zero-order valence-electron chi connectivity index (χ0n) is 13.2. The van der Waals surface area contributed by atoms with Crippen LogP contribution in [0.3, 0.4) is 0 Å². The smallest absolute Gasteiger partial charge is 0.214 e. The molecule has 1 N–H and O–H groups in total. The number of aryl methyl sites for hydroxylation is 1. The van der Waals surface area contributed by atoms with Gasteiger partial charge >= 0.3 is 0 Å². The Morgan fingerprint density at radius 2 is 2.05 bits per heavy atom. The molecule has 0 amide bonds. The number of nitrogens with zero attached hydrogens (tertiary/aromatic N) is 2. The van der Waals surface area contributed by atoms with Crippen LogP contribution < -0.4 is 4.72 Å². The fraction of sp³-hybridized carbons (Fsp3) is 0.533. The number of aromatic nitrogens is 2. The Labute approximate surface area is 131 Å². The summed E-state index contributed by atoms with van der Waals surface area (Å²) in [6.45, 7) is 4.62. The average Bonchev–Trinajstić information content (AvgIpc) is 2.86. The molecule has 0 unspecified atom stereocenters. The van der Waals surface area contributed by atoms with Crippen molar-refractivity contribution >= 4 is 21.1 Å². The second-order valence-electron chi connectivity index (χ2n) is 5.90. The average molecular weight is 325 g/mol. The van der Waals surface area contributed by atoms with E-state index in [9.17, 15) is 8.42 Å². The van der Waals surface area contributed by atoms with Gasteiger partial charge in [0.05, 0.1) is 28.7 Å². The third-order valence-electron chi connectivity index (χ3n) is 3.52. The molecule has 0 fully saturated rings. The molecule has 2 aromatic rings. The molecule has 0 spiro atoms. The van der Waals surface area contributed by atoms with Crippen LogP contribution in [-0.4, -0.2) is 43.0 Å². The summed E-state index contributed by atoms with van der Waals surface area (Å²) >= 11 is 0. The molecule has 0 atom stereocenters. The highest BCUT2D eigenvalue weighted by molar-refractivity contribution is 7.89. The fourth-order valence-electron chi connectivity index (χ4n) is 2.23. The summed E-state index contributed by atoms with van der Waals surface area (Å²) in [5, 5.41) is 0. The van der Waals surface area contributed by atoms with E-state index in [2.05, 4.69) is 9.71 Å². The van der Waals surface area contributed by atoms with Crippen molar-refractivity contribution in [2.45, 2.75) is 32.4 Å². The maximum absolute atomic E-state index is 12.0. The Kier molecular flexibility index (Phi) is 5.20. The Hall–Kier alpha value is -1.44. The topological polar surface area (TPSA) is 73.2 Å². The predicted molar refractivity (Wildman–Crippen MR) is 87.2 cm³/mol. The predicted octanol–water partition coefficient (Wildman–Crippen LogP) is 1.77. The number of ether oxygens (including phenoxy) is 1. The largest absolute Gasteiger partial charge is 0.378 e. The second kappa shape index (κ2) is 6.76. The zero-order valence-corrected chi connectivity index (χ0v) is 14.1. The maximum atomic E-state index is 12.0. The molecule has 1 aromatic heterocycles. The van der Waals surface area contributed by atoms with Crippen molar-refractivity contribution in [2.24, 2.45) is 0 Å². The van der Waals surface area contributed by atoms with Crippen LogP contribution in [0.5, 0.6) is 0 Å². The highest BCUT2D eigenvalue weighted by Gasteiger charge is 2.25. The molecule has 1 heterocycles. The minimum Gasteiger partial charge on any atom is -0.378 e. The third kappa shape index (κ3) is 4.53. The van der Waals surface area contributed by atoms with Gasteiger partial charge in [0.1, 0.15) is 0 Å². The minimum atomic E-state index is -3.33. The quantitative estimate of drug-likeness (QED) is 0.751. The molecule has 1 aromatic carbocycles. The summed E-state index contributed by atoms with van der Waals surface area (Å²) in [6, 6.07) is 7.89. The van der Waals surface area contributed by atoms with E-state index in [1.807, 2.05) is 28.8 Å². The number of nitrogens with one attached hydrogen (secondary N) is 1. The lowest BCUT2D eigenvalue weighted by Gasteiger charge is -2.22. The van der Waals surface area contributed by atoms with Gasteiger partial charge in [0.15, 0.2) is 0 Å². The first-order chi connectivity index (χ1) is 10.3. The van der Waals surface area contributed by atoms with Gasteiger partial charge in [-0.05, 0) is 32.4 Å². The number of hydrogen-bond donors (Lipinski definition) is 1. The van der Waals surface area contributed by atoms with Gasteiger partial charge in [-0.25, -0.2) is 18.1 Å². The van der Waals surface area contributed by atoms with Crippen LogP contribution in [0.2, 0.25) is 0 Å². The molecule has 0 aliphatic carbocycles. The monoisotopic (exact) mass is 325 g/mol. The van der Waals surface area contributed by atoms with Crippen LogP contribution in [0.4, 0.5) is 0 Å². The van der Waals surface area contributed by atoms with Crippen LogP contribution in [0.15, 0.2) is 30.6 Å². The summed E-state index contributed by atoms with van der Waals surface area (Å²) < 4.78 is 33.7. The lowest BCUT2D eigenvalue weighted by Crippen LogP contribution is -2.39. The van der Waals surface area contributed by atoms with Gasteiger partial charge in [-0.1, -0.05) is 12.1 Å². The molecule has 6 nitrogen and oxygen atoms in total. The summed E-state index contributed by atoms with van der Waals surface area (Å²) in [5.74, 6) is -0.0511. The zero-order chi connectivity index (χ0) is 16.2. The summed E-state index contributed by atoms with van der Waals surface area (Å²) in [5.41, 5.74) is 1.32. The highest BCUT2D eigenvalue weighted by atomic mass is 32.2. The molecule has 0 saturated carbocycles. The molecule has 22 heavy (non-hydrogen) atoms. The van der Waals surface area contributed by atoms with E-state index in [4.69, 9.17) is 4.74 Å². The van der Waals surface area contributed by atoms with Gasteiger partial charge in [0.2, 0.25) is 10.0 Å². The molecular formula is C15H23N3O3S. The molecule has 0 aliphatic heterocycles. The minimum absolute atomic E-state index is 0.0511. The first-order valence-corrected chi connectivity index (χ1v) is 8.91. The van der Waals surface area contributed by atoms with Gasteiger partial charge < -0.3 is 9.30 Å². The SMILES string of the molecule is COC(C)(C)CS(=O)(=O)NCCCn1cnc2ccccc21. The van der Waals surface area contributed by atoms with Gasteiger partial charge in [0, 0.05) is 20.2 Å². The number of imidazole rings is 1. The van der Waals surface area contributed by atoms with Crippen molar-refractivity contribution in [3.8, 4) is 0 Å². The molecule has 0 radical (unpaired) electrons. The van der Waals surface area contributed by atoms with Gasteiger partial charge in [-0.2, -0.15) is 0 Å². The van der Waals surface area contributed by atoms with E-state index < -0.39 is 15.6 Å². The number of fused-ring (bicyclic) bond motifs is 1. The Balaban J connectivity index is 1.84. The lowest BCUT2D eigenvalue weighted by molar-refractivity contribution is 0.0424. The molecule has 7 heteroatoms. The maximum Gasteiger partial charge on any atom is 0.214 e. The molecule has 2 rings (SSSR count). The number of hydrogen-bond acceptors (Lipinski definition) is 4. The molecule has 0 bridgehead atoms. The van der Waals surface area contributed by atoms with Gasteiger partial charge in [-0.3, -0.25) is 0 Å². The number of benzene rings is 1. The number of sulfonamides is 1. The molecule has 0 saturated heterocycles. The van der Waals surface area contributed by atoms with Crippen LogP contribution in [-0.2, 0) is 21.3 Å². The second-order valence-corrected chi connectivity index (χ2v) is 7.70. The van der Waals surface area contributed by atoms with Crippen molar-refractivity contribution in [2.75, 3.05) is 19.4 Å². The summed E-state index contributed by atoms with van der Waals surface area (Å²) in [6.07, 6.45) is 2.49. The van der Waals surface area contributed by atoms with Crippen molar-refractivity contribution in [3.63, 3.8) is 0 Å². The normalized spacial score (nSPS) is 12.9. The van der Waals surface area contributed by atoms with E-state index in [1.54, 1.807) is 20.2 Å². The van der Waals surface area contributed by atoms with E-state index in [1.165, 1.54) is 7.11 Å². The summed E-state index contributed by atoms with van der Waals surface area (Å²) in [4.78, 5) is 4.31. The van der Waals surface area contributed by atoms with Crippen molar-refractivity contribution in [3.05, 3.63) is 30.6 Å². The van der Waals surface area contributed by atoms with E-state index in [-0.39, 0.29) is 5.75 Å². The highest BCUT2D eigenvalue weighted by Crippen LogP contribution is 2.12. The van der Waals surface area contributed by atoms with Crippen molar-refractivity contribution in [1.29, 1.82) is 0 Å². The Morgan fingerprint density at radius 3 is 2.77 bits per heavy atom. The fourth-order valence-corrected chi connectivity index (χ4v) is 3.82. The summed E-state index contributed by atoms with van der Waals surface area (Å²) in [7, 11) is -1.82. The van der Waals surface area contributed by atoms with E-state index in [0.29, 0.717) is 13.0 Å². The first-order valence-electron chi connectivity index (χ1n) is 7.25. The van der Waals surface area contributed by atoms with E-state index in [0.717, 1.165) is 17.6 Å². The Morgan fingerprint density at radius 1 is 1.32 bits per heavy atom. The lowest BCUT2D eigenvalue weighted by atomic mass is 10.2. The number of rotatable bonds is 8. The standard InChI is InChI=1S/C15H23N3O3S/c1-15(2,21-3)11-22(19,20)17-9-6-10-18-12-16-13-7-4-5-8-14(13)18/h4-5,7-8,12,17H,6,9-11H2,1-3H3. The van der Waals surface area contributed by atoms with Crippen molar-refractivity contribution < 1.29 is 13.2 Å². The molecular weight excluding hydrogens is 302 g/mol. The van der Waals surface area contributed by atoms with Crippen molar-refractivity contribution in [1.82, 2.24) is 14.3 Å². The number of para-hydroxylation sites is 2. The van der Waals surface area contributed by atoms with Crippen LogP contribution in [0.25, 0.3) is 11.0 Å². The van der Waals surface area contributed by atoms with Crippen LogP contribution in [0.1, 0.15) is 20.3 Å². The number of methoxy groups -OCH3 is 1. The van der Waals surface area contributed by atoms with E-state index >= 15 is 0 Å². The van der Waals surface area contributed by atoms with Crippen LogP contribution >= 0.6 is 0 Å².